The number of aliphatic hydroxyl groups excluding tert-OH is 1. The van der Waals surface area contributed by atoms with Gasteiger partial charge in [0.05, 0.1) is 37.6 Å². The van der Waals surface area contributed by atoms with E-state index in [1.54, 1.807) is 42.5 Å². The average molecular weight is 518 g/mol. The van der Waals surface area contributed by atoms with Crippen LogP contribution >= 0.6 is 0 Å². The Balaban J connectivity index is 1.63. The van der Waals surface area contributed by atoms with Gasteiger partial charge < -0.3 is 28.6 Å². The number of hydrogen-bond acceptors (Lipinski definition) is 7. The molecule has 5 rings (SSSR count). The largest absolute Gasteiger partial charge is 0.507 e. The number of likely N-dealkylation sites (tertiary alicyclic amines) is 1. The number of amides is 1. The second-order valence-electron chi connectivity index (χ2n) is 9.45. The third kappa shape index (κ3) is 4.74. The molecule has 198 valence electrons. The SMILES string of the molecule is CCCOc1ccc(C2C(=C(O)c3ccc4c(c3)CC(C)O4)C(=O)C(=O)N2Cc2ccco2)cc1OCC. The molecule has 8 nitrogen and oxygen atoms in total. The van der Waals surface area contributed by atoms with Gasteiger partial charge in [-0.05, 0) is 73.9 Å². The molecule has 38 heavy (non-hydrogen) atoms. The second-order valence-corrected chi connectivity index (χ2v) is 9.45. The standard InChI is InChI=1S/C30H31NO7/c1-4-12-37-24-11-8-19(16-25(24)35-5-2)27-26(29(33)30(34)31(27)17-22-7-6-13-36-22)28(32)20-9-10-23-21(15-20)14-18(3)38-23/h6-11,13,15-16,18,27,32H,4-5,12,14,17H2,1-3H3. The topological polar surface area (TPSA) is 98.4 Å². The van der Waals surface area contributed by atoms with Crippen LogP contribution < -0.4 is 14.2 Å². The van der Waals surface area contributed by atoms with Crippen LogP contribution in [0.1, 0.15) is 55.7 Å². The summed E-state index contributed by atoms with van der Waals surface area (Å²) >= 11 is 0. The first-order valence-electron chi connectivity index (χ1n) is 12.9. The molecule has 0 saturated carbocycles. The summed E-state index contributed by atoms with van der Waals surface area (Å²) < 4.78 is 23.0. The number of rotatable bonds is 9. The van der Waals surface area contributed by atoms with Gasteiger partial charge in [0.2, 0.25) is 0 Å². The molecule has 1 N–H and O–H groups in total. The maximum absolute atomic E-state index is 13.4. The third-order valence-electron chi connectivity index (χ3n) is 6.66. The van der Waals surface area contributed by atoms with Crippen molar-refractivity contribution in [2.45, 2.75) is 52.3 Å². The number of Topliss-reactive ketones (excluding diaryl/α,β-unsaturated/α-hetero) is 1. The van der Waals surface area contributed by atoms with Crippen LogP contribution in [0.15, 0.2) is 64.8 Å². The highest BCUT2D eigenvalue weighted by Gasteiger charge is 2.46. The Morgan fingerprint density at radius 3 is 2.66 bits per heavy atom. The number of hydrogen-bond donors (Lipinski definition) is 1. The molecule has 2 aliphatic heterocycles. The van der Waals surface area contributed by atoms with Crippen molar-refractivity contribution in [3.05, 3.63) is 82.8 Å². The fourth-order valence-electron chi connectivity index (χ4n) is 4.98. The van der Waals surface area contributed by atoms with Crippen LogP contribution in [-0.4, -0.2) is 41.0 Å². The molecule has 1 aromatic heterocycles. The maximum Gasteiger partial charge on any atom is 0.296 e. The Labute approximate surface area is 221 Å². The van der Waals surface area contributed by atoms with E-state index in [9.17, 15) is 14.7 Å². The zero-order chi connectivity index (χ0) is 26.8. The van der Waals surface area contributed by atoms with Gasteiger partial charge in [-0.1, -0.05) is 13.0 Å². The van der Waals surface area contributed by atoms with Gasteiger partial charge in [-0.3, -0.25) is 9.59 Å². The highest BCUT2D eigenvalue weighted by molar-refractivity contribution is 6.46. The Morgan fingerprint density at radius 1 is 1.08 bits per heavy atom. The van der Waals surface area contributed by atoms with Crippen LogP contribution in [0.3, 0.4) is 0 Å². The normalized spacial score (nSPS) is 19.9. The molecule has 1 saturated heterocycles. The summed E-state index contributed by atoms with van der Waals surface area (Å²) in [7, 11) is 0. The van der Waals surface area contributed by atoms with Crippen LogP contribution in [-0.2, 0) is 22.6 Å². The van der Waals surface area contributed by atoms with E-state index >= 15 is 0 Å². The van der Waals surface area contributed by atoms with E-state index in [4.69, 9.17) is 18.6 Å². The molecule has 0 bridgehead atoms. The summed E-state index contributed by atoms with van der Waals surface area (Å²) in [5, 5.41) is 11.5. The molecular formula is C30H31NO7. The molecule has 2 aliphatic rings. The van der Waals surface area contributed by atoms with Crippen LogP contribution in [0.25, 0.3) is 5.76 Å². The molecular weight excluding hydrogens is 486 g/mol. The quantitative estimate of drug-likeness (QED) is 0.230. The lowest BCUT2D eigenvalue weighted by Crippen LogP contribution is -2.29. The van der Waals surface area contributed by atoms with Crippen LogP contribution in [0.5, 0.6) is 17.2 Å². The first kappa shape index (κ1) is 25.4. The number of carbonyl (C=O) groups is 2. The molecule has 1 fully saturated rings. The van der Waals surface area contributed by atoms with Crippen LogP contribution in [0.2, 0.25) is 0 Å². The molecule has 8 heteroatoms. The van der Waals surface area contributed by atoms with E-state index < -0.39 is 17.7 Å². The fourth-order valence-corrected chi connectivity index (χ4v) is 4.98. The number of fused-ring (bicyclic) bond motifs is 1. The number of aliphatic hydroxyl groups is 1. The van der Waals surface area contributed by atoms with Crippen molar-refractivity contribution in [2.75, 3.05) is 13.2 Å². The number of ether oxygens (including phenoxy) is 3. The zero-order valence-corrected chi connectivity index (χ0v) is 21.7. The molecule has 0 spiro atoms. The maximum atomic E-state index is 13.4. The summed E-state index contributed by atoms with van der Waals surface area (Å²) in [6, 6.07) is 13.3. The van der Waals surface area contributed by atoms with Gasteiger partial charge in [-0.2, -0.15) is 0 Å². The van der Waals surface area contributed by atoms with Crippen molar-refractivity contribution in [1.29, 1.82) is 0 Å². The van der Waals surface area contributed by atoms with Crippen molar-refractivity contribution < 1.29 is 33.3 Å². The van der Waals surface area contributed by atoms with E-state index in [-0.39, 0.29) is 24.0 Å². The Kier molecular flexibility index (Phi) is 7.13. The third-order valence-corrected chi connectivity index (χ3v) is 6.66. The Hall–Kier alpha value is -4.20. The van der Waals surface area contributed by atoms with Gasteiger partial charge in [0.25, 0.3) is 11.7 Å². The van der Waals surface area contributed by atoms with Gasteiger partial charge >= 0.3 is 0 Å². The van der Waals surface area contributed by atoms with Crippen molar-refractivity contribution in [3.63, 3.8) is 0 Å². The summed E-state index contributed by atoms with van der Waals surface area (Å²) in [5.41, 5.74) is 2.02. The lowest BCUT2D eigenvalue weighted by Gasteiger charge is -2.25. The lowest BCUT2D eigenvalue weighted by molar-refractivity contribution is -0.140. The fraction of sp³-hybridized carbons (Fsp3) is 0.333. The van der Waals surface area contributed by atoms with Gasteiger partial charge in [0, 0.05) is 12.0 Å². The van der Waals surface area contributed by atoms with Crippen LogP contribution in [0.4, 0.5) is 0 Å². The number of carbonyl (C=O) groups excluding carboxylic acids is 2. The molecule has 0 aliphatic carbocycles. The Morgan fingerprint density at radius 2 is 1.92 bits per heavy atom. The van der Waals surface area contributed by atoms with Gasteiger partial charge in [-0.25, -0.2) is 0 Å². The van der Waals surface area contributed by atoms with Gasteiger partial charge in [0.1, 0.15) is 23.4 Å². The first-order chi connectivity index (χ1) is 18.4. The lowest BCUT2D eigenvalue weighted by atomic mass is 9.94. The molecule has 0 radical (unpaired) electrons. The van der Waals surface area contributed by atoms with E-state index in [2.05, 4.69) is 0 Å². The molecule has 1 amide bonds. The minimum absolute atomic E-state index is 0.0122. The van der Waals surface area contributed by atoms with Crippen molar-refractivity contribution in [3.8, 4) is 17.2 Å². The van der Waals surface area contributed by atoms with E-state index in [1.807, 2.05) is 26.8 Å². The zero-order valence-electron chi connectivity index (χ0n) is 21.7. The predicted octanol–water partition coefficient (Wildman–Crippen LogP) is 5.41. The molecule has 3 aromatic rings. The molecule has 2 aromatic carbocycles. The van der Waals surface area contributed by atoms with Crippen LogP contribution in [0, 0.1) is 0 Å². The highest BCUT2D eigenvalue weighted by Crippen LogP contribution is 2.43. The molecule has 2 atom stereocenters. The van der Waals surface area contributed by atoms with Crippen molar-refractivity contribution in [2.24, 2.45) is 0 Å². The summed E-state index contributed by atoms with van der Waals surface area (Å²) in [6.45, 7) is 6.86. The number of benzene rings is 2. The number of nitrogens with zero attached hydrogens (tertiary/aromatic N) is 1. The van der Waals surface area contributed by atoms with E-state index in [0.29, 0.717) is 48.0 Å². The average Bonchev–Trinajstić information content (AvgIpc) is 3.62. The predicted molar refractivity (Wildman–Crippen MR) is 140 cm³/mol. The molecule has 2 unspecified atom stereocenters. The summed E-state index contributed by atoms with van der Waals surface area (Å²) in [5.74, 6) is 0.658. The second kappa shape index (κ2) is 10.7. The highest BCUT2D eigenvalue weighted by atomic mass is 16.5. The first-order valence-corrected chi connectivity index (χ1v) is 12.9. The summed E-state index contributed by atoms with van der Waals surface area (Å²) in [4.78, 5) is 28.2. The number of ketones is 1. The van der Waals surface area contributed by atoms with Gasteiger partial charge in [-0.15, -0.1) is 0 Å². The summed E-state index contributed by atoms with van der Waals surface area (Å²) in [6.07, 6.45) is 3.08. The minimum Gasteiger partial charge on any atom is -0.507 e. The van der Waals surface area contributed by atoms with Crippen molar-refractivity contribution in [1.82, 2.24) is 4.90 Å². The number of furan rings is 1. The smallest absolute Gasteiger partial charge is 0.296 e. The minimum atomic E-state index is -0.858. The van der Waals surface area contributed by atoms with E-state index in [0.717, 1.165) is 17.7 Å². The Bertz CT molecular complexity index is 1380. The van der Waals surface area contributed by atoms with Crippen molar-refractivity contribution >= 4 is 17.4 Å². The van der Waals surface area contributed by atoms with E-state index in [1.165, 1.54) is 11.2 Å². The monoisotopic (exact) mass is 517 g/mol. The molecule has 3 heterocycles. The van der Waals surface area contributed by atoms with Gasteiger partial charge in [0.15, 0.2) is 11.5 Å².